The van der Waals surface area contributed by atoms with Crippen LogP contribution < -0.4 is 14.4 Å². The number of benzene rings is 3. The smallest absolute Gasteiger partial charge is 0.294 e. The van der Waals surface area contributed by atoms with Crippen LogP contribution in [-0.4, -0.2) is 25.2 Å². The fraction of sp³-hybridized carbons (Fsp3) is 0.125. The second-order valence-electron chi connectivity index (χ2n) is 6.68. The lowest BCUT2D eigenvalue weighted by Crippen LogP contribution is -2.30. The van der Waals surface area contributed by atoms with Crippen LogP contribution in [0.2, 0.25) is 0 Å². The van der Waals surface area contributed by atoms with E-state index in [4.69, 9.17) is 9.47 Å². The van der Waals surface area contributed by atoms with Crippen molar-refractivity contribution in [3.05, 3.63) is 95.7 Å². The molecule has 0 fully saturated rings. The summed E-state index contributed by atoms with van der Waals surface area (Å²) in [5, 5.41) is 10.8. The summed E-state index contributed by atoms with van der Waals surface area (Å²) in [6.45, 7) is 0. The molecule has 0 bridgehead atoms. The van der Waals surface area contributed by atoms with Gasteiger partial charge in [-0.3, -0.25) is 9.69 Å². The molecule has 3 aromatic carbocycles. The number of nitrogens with zero attached hydrogens (tertiary/aromatic N) is 1. The summed E-state index contributed by atoms with van der Waals surface area (Å²) in [5.74, 6) is 0.723. The molecule has 0 unspecified atom stereocenters. The highest BCUT2D eigenvalue weighted by Crippen LogP contribution is 2.45. The average Bonchev–Trinajstić information content (AvgIpc) is 3.05. The quantitative estimate of drug-likeness (QED) is 0.686. The summed E-state index contributed by atoms with van der Waals surface area (Å²) in [7, 11) is 3.20. The molecule has 1 aliphatic heterocycles. The molecule has 29 heavy (non-hydrogen) atoms. The predicted octanol–water partition coefficient (Wildman–Crippen LogP) is 4.76. The van der Waals surface area contributed by atoms with Crippen molar-refractivity contribution in [3.63, 3.8) is 0 Å². The largest absolute Gasteiger partial charge is 0.503 e. The van der Waals surface area contributed by atoms with Gasteiger partial charge in [-0.25, -0.2) is 0 Å². The van der Waals surface area contributed by atoms with Crippen molar-refractivity contribution in [2.45, 2.75) is 6.04 Å². The first-order valence-corrected chi connectivity index (χ1v) is 9.24. The number of methoxy groups -OCH3 is 2. The number of aliphatic hydroxyl groups excluding tert-OH is 1. The van der Waals surface area contributed by atoms with E-state index >= 15 is 0 Å². The zero-order valence-corrected chi connectivity index (χ0v) is 16.2. The molecule has 1 atom stereocenters. The van der Waals surface area contributed by atoms with E-state index in [0.29, 0.717) is 22.8 Å². The van der Waals surface area contributed by atoms with Crippen LogP contribution in [0.15, 0.2) is 84.6 Å². The van der Waals surface area contributed by atoms with Gasteiger partial charge in [0.25, 0.3) is 5.91 Å². The number of ether oxygens (including phenoxy) is 2. The fourth-order valence-corrected chi connectivity index (χ4v) is 3.63. The van der Waals surface area contributed by atoms with Crippen LogP contribution in [0, 0.1) is 0 Å². The van der Waals surface area contributed by atoms with Crippen LogP contribution >= 0.6 is 0 Å². The number of hydrogen-bond acceptors (Lipinski definition) is 4. The number of amides is 1. The summed E-state index contributed by atoms with van der Waals surface area (Å²) in [4.78, 5) is 14.7. The molecule has 0 saturated heterocycles. The second-order valence-corrected chi connectivity index (χ2v) is 6.68. The lowest BCUT2D eigenvalue weighted by molar-refractivity contribution is -0.117. The first kappa shape index (κ1) is 18.6. The molecule has 5 heteroatoms. The van der Waals surface area contributed by atoms with E-state index in [1.54, 1.807) is 31.3 Å². The summed E-state index contributed by atoms with van der Waals surface area (Å²) < 4.78 is 10.5. The number of hydrogen-bond donors (Lipinski definition) is 1. The summed E-state index contributed by atoms with van der Waals surface area (Å²) >= 11 is 0. The minimum atomic E-state index is -0.453. The summed E-state index contributed by atoms with van der Waals surface area (Å²) in [6.07, 6.45) is 0. The van der Waals surface area contributed by atoms with E-state index < -0.39 is 11.9 Å². The zero-order valence-electron chi connectivity index (χ0n) is 16.2. The molecule has 0 saturated carbocycles. The average molecular weight is 387 g/mol. The number of anilines is 1. The molecule has 1 amide bonds. The molecular formula is C24H21NO4. The third-order valence-corrected chi connectivity index (χ3v) is 5.08. The summed E-state index contributed by atoms with van der Waals surface area (Å²) in [5.41, 5.74) is 2.92. The Morgan fingerprint density at radius 3 is 1.90 bits per heavy atom. The predicted molar refractivity (Wildman–Crippen MR) is 112 cm³/mol. The van der Waals surface area contributed by atoms with Gasteiger partial charge in [0.15, 0.2) is 5.76 Å². The molecule has 4 rings (SSSR count). The van der Waals surface area contributed by atoms with E-state index in [0.717, 1.165) is 11.1 Å². The Labute approximate surface area is 169 Å². The molecule has 0 spiro atoms. The molecule has 1 heterocycles. The molecule has 146 valence electrons. The van der Waals surface area contributed by atoms with Crippen molar-refractivity contribution in [1.29, 1.82) is 0 Å². The number of carbonyl (C=O) groups is 1. The highest BCUT2D eigenvalue weighted by Gasteiger charge is 2.41. The van der Waals surface area contributed by atoms with Gasteiger partial charge in [-0.1, -0.05) is 42.5 Å². The molecule has 0 aromatic heterocycles. The monoisotopic (exact) mass is 387 g/mol. The Morgan fingerprint density at radius 2 is 1.34 bits per heavy atom. The first-order chi connectivity index (χ1) is 14.1. The van der Waals surface area contributed by atoms with Gasteiger partial charge in [0.2, 0.25) is 0 Å². The Bertz CT molecular complexity index is 1040. The van der Waals surface area contributed by atoms with Gasteiger partial charge in [0, 0.05) is 11.3 Å². The Hall–Kier alpha value is -3.73. The van der Waals surface area contributed by atoms with E-state index in [9.17, 15) is 9.90 Å². The molecule has 0 radical (unpaired) electrons. The highest BCUT2D eigenvalue weighted by atomic mass is 16.5. The Kier molecular flexibility index (Phi) is 4.96. The van der Waals surface area contributed by atoms with Gasteiger partial charge in [-0.15, -0.1) is 0 Å². The molecule has 3 aromatic rings. The van der Waals surface area contributed by atoms with Gasteiger partial charge in [-0.2, -0.15) is 0 Å². The summed E-state index contributed by atoms with van der Waals surface area (Å²) in [6, 6.07) is 23.8. The minimum absolute atomic E-state index is 0.250. The van der Waals surface area contributed by atoms with Gasteiger partial charge in [0.1, 0.15) is 11.5 Å². The third-order valence-electron chi connectivity index (χ3n) is 5.08. The van der Waals surface area contributed by atoms with Crippen molar-refractivity contribution >= 4 is 17.2 Å². The molecular weight excluding hydrogens is 366 g/mol. The van der Waals surface area contributed by atoms with Crippen molar-refractivity contribution in [1.82, 2.24) is 0 Å². The van der Waals surface area contributed by atoms with E-state index in [-0.39, 0.29) is 5.76 Å². The normalized spacial score (nSPS) is 16.3. The standard InChI is InChI=1S/C24H21NO4/c1-28-19-12-8-16(9-13-19)21-22(17-6-4-3-5-7-17)25(24(27)23(21)26)18-10-14-20(29-2)15-11-18/h3-15,22,26H,1-2H3/t22-/m1/s1. The maximum atomic E-state index is 13.1. The number of carbonyl (C=O) groups excluding carboxylic acids is 1. The lowest BCUT2D eigenvalue weighted by atomic mass is 9.93. The van der Waals surface area contributed by atoms with Crippen LogP contribution in [0.1, 0.15) is 17.2 Å². The van der Waals surface area contributed by atoms with Crippen LogP contribution in [0.5, 0.6) is 11.5 Å². The van der Waals surface area contributed by atoms with Crippen molar-refractivity contribution in [3.8, 4) is 11.5 Å². The SMILES string of the molecule is COc1ccc(C2=C(O)C(=O)N(c3ccc(OC)cc3)[C@@H]2c2ccccc2)cc1. The van der Waals surface area contributed by atoms with Gasteiger partial charge >= 0.3 is 0 Å². The Morgan fingerprint density at radius 1 is 0.793 bits per heavy atom. The van der Waals surface area contributed by atoms with E-state index in [1.165, 1.54) is 0 Å². The minimum Gasteiger partial charge on any atom is -0.503 e. The molecule has 0 aliphatic carbocycles. The number of rotatable bonds is 5. The van der Waals surface area contributed by atoms with Crippen LogP contribution in [0.4, 0.5) is 5.69 Å². The molecule has 1 aliphatic rings. The first-order valence-electron chi connectivity index (χ1n) is 9.24. The topological polar surface area (TPSA) is 59.0 Å². The van der Waals surface area contributed by atoms with E-state index in [1.807, 2.05) is 66.7 Å². The van der Waals surface area contributed by atoms with Gasteiger partial charge < -0.3 is 14.6 Å². The molecule has 5 nitrogen and oxygen atoms in total. The number of aliphatic hydroxyl groups is 1. The van der Waals surface area contributed by atoms with Gasteiger partial charge in [0.05, 0.1) is 20.3 Å². The fourth-order valence-electron chi connectivity index (χ4n) is 3.63. The van der Waals surface area contributed by atoms with Crippen molar-refractivity contribution < 1.29 is 19.4 Å². The van der Waals surface area contributed by atoms with Crippen LogP contribution in [-0.2, 0) is 4.79 Å². The maximum Gasteiger partial charge on any atom is 0.294 e. The van der Waals surface area contributed by atoms with Crippen LogP contribution in [0.25, 0.3) is 5.57 Å². The van der Waals surface area contributed by atoms with Gasteiger partial charge in [-0.05, 0) is 47.5 Å². The Balaban J connectivity index is 1.85. The lowest BCUT2D eigenvalue weighted by Gasteiger charge is -2.27. The maximum absolute atomic E-state index is 13.1. The second kappa shape index (κ2) is 7.72. The third kappa shape index (κ3) is 3.31. The van der Waals surface area contributed by atoms with Crippen molar-refractivity contribution in [2.24, 2.45) is 0 Å². The zero-order chi connectivity index (χ0) is 20.4. The van der Waals surface area contributed by atoms with Crippen molar-refractivity contribution in [2.75, 3.05) is 19.1 Å². The molecule has 1 N–H and O–H groups in total. The highest BCUT2D eigenvalue weighted by molar-refractivity contribution is 6.16. The van der Waals surface area contributed by atoms with Crippen LogP contribution in [0.3, 0.4) is 0 Å². The van der Waals surface area contributed by atoms with E-state index in [2.05, 4.69) is 0 Å².